The van der Waals surface area contributed by atoms with Gasteiger partial charge >= 0.3 is 0 Å². The quantitative estimate of drug-likeness (QED) is 0.584. The zero-order valence-electron chi connectivity index (χ0n) is 16.4. The van der Waals surface area contributed by atoms with E-state index in [4.69, 9.17) is 9.15 Å². The molecule has 1 aliphatic heterocycles. The number of benzene rings is 2. The molecular weight excluding hydrogens is 373 g/mol. The van der Waals surface area contributed by atoms with E-state index in [1.807, 2.05) is 13.8 Å². The molecule has 2 aromatic carbocycles. The van der Waals surface area contributed by atoms with Crippen molar-refractivity contribution in [3.8, 4) is 0 Å². The Morgan fingerprint density at radius 2 is 1.83 bits per heavy atom. The number of hydrogen-bond acceptors (Lipinski definition) is 4. The molecule has 150 valence electrons. The number of amides is 1. The van der Waals surface area contributed by atoms with Gasteiger partial charge < -0.3 is 14.1 Å². The molecule has 1 amide bonds. The van der Waals surface area contributed by atoms with Gasteiger partial charge in [0.2, 0.25) is 5.76 Å². The van der Waals surface area contributed by atoms with Crippen LogP contribution in [0, 0.1) is 5.82 Å². The van der Waals surface area contributed by atoms with Gasteiger partial charge in [-0.15, -0.1) is 0 Å². The van der Waals surface area contributed by atoms with E-state index in [0.717, 1.165) is 0 Å². The minimum Gasteiger partial charge on any atom is -0.450 e. The lowest BCUT2D eigenvalue weighted by Crippen LogP contribution is -2.32. The molecule has 0 aliphatic carbocycles. The Balaban J connectivity index is 1.82. The molecule has 29 heavy (non-hydrogen) atoms. The van der Waals surface area contributed by atoms with Crippen molar-refractivity contribution in [2.75, 3.05) is 13.2 Å². The monoisotopic (exact) mass is 395 g/mol. The zero-order valence-corrected chi connectivity index (χ0v) is 16.4. The van der Waals surface area contributed by atoms with Gasteiger partial charge in [0.15, 0.2) is 5.43 Å². The fourth-order valence-corrected chi connectivity index (χ4v) is 3.77. The third-order valence-electron chi connectivity index (χ3n) is 5.07. The molecule has 6 heteroatoms. The number of para-hydroxylation sites is 1. The van der Waals surface area contributed by atoms with E-state index in [0.29, 0.717) is 30.5 Å². The van der Waals surface area contributed by atoms with Crippen molar-refractivity contribution < 1.29 is 18.3 Å². The first-order valence-electron chi connectivity index (χ1n) is 9.71. The van der Waals surface area contributed by atoms with Gasteiger partial charge in [0.05, 0.1) is 23.1 Å². The second-order valence-electron chi connectivity index (χ2n) is 7.37. The van der Waals surface area contributed by atoms with Crippen molar-refractivity contribution in [2.45, 2.75) is 32.4 Å². The highest BCUT2D eigenvalue weighted by atomic mass is 19.1. The minimum atomic E-state index is -0.821. The molecule has 0 bridgehead atoms. The highest BCUT2D eigenvalue weighted by Crippen LogP contribution is 2.39. The van der Waals surface area contributed by atoms with E-state index in [9.17, 15) is 14.0 Å². The molecule has 0 N–H and O–H groups in total. The summed E-state index contributed by atoms with van der Waals surface area (Å²) in [4.78, 5) is 27.9. The summed E-state index contributed by atoms with van der Waals surface area (Å²) in [6.07, 6.45) is 0.647. The fourth-order valence-electron chi connectivity index (χ4n) is 3.77. The number of fused-ring (bicyclic) bond motifs is 2. The maximum Gasteiger partial charge on any atom is 0.290 e. The van der Waals surface area contributed by atoms with Crippen molar-refractivity contribution in [3.63, 3.8) is 0 Å². The normalized spacial score (nSPS) is 16.1. The van der Waals surface area contributed by atoms with Gasteiger partial charge in [0, 0.05) is 18.7 Å². The topological polar surface area (TPSA) is 59.8 Å². The van der Waals surface area contributed by atoms with Crippen LogP contribution in [0.1, 0.15) is 48.0 Å². The van der Waals surface area contributed by atoms with E-state index in [1.165, 1.54) is 11.0 Å². The zero-order chi connectivity index (χ0) is 20.5. The molecule has 0 saturated heterocycles. The third-order valence-corrected chi connectivity index (χ3v) is 5.07. The molecule has 1 atom stereocenters. The van der Waals surface area contributed by atoms with Crippen molar-refractivity contribution in [1.29, 1.82) is 0 Å². The van der Waals surface area contributed by atoms with E-state index in [1.54, 1.807) is 42.5 Å². The SMILES string of the molecule is CC(C)OCCCN1C(=O)c2oc3ccccc3c(=O)c2[C@H]1c1ccccc1F. The van der Waals surface area contributed by atoms with Gasteiger partial charge in [-0.2, -0.15) is 0 Å². The van der Waals surface area contributed by atoms with Crippen LogP contribution in [0.2, 0.25) is 0 Å². The van der Waals surface area contributed by atoms with E-state index in [2.05, 4.69) is 0 Å². The van der Waals surface area contributed by atoms with Crippen LogP contribution < -0.4 is 5.43 Å². The molecule has 2 heterocycles. The Morgan fingerprint density at radius 3 is 2.59 bits per heavy atom. The van der Waals surface area contributed by atoms with E-state index in [-0.39, 0.29) is 28.4 Å². The van der Waals surface area contributed by atoms with Crippen LogP contribution in [0.5, 0.6) is 0 Å². The molecule has 0 fully saturated rings. The molecule has 0 radical (unpaired) electrons. The van der Waals surface area contributed by atoms with Crippen molar-refractivity contribution in [3.05, 3.63) is 81.5 Å². The molecule has 1 aromatic heterocycles. The van der Waals surface area contributed by atoms with Crippen molar-refractivity contribution in [1.82, 2.24) is 4.90 Å². The standard InChI is InChI=1S/C23H22FNO4/c1-14(2)28-13-7-12-25-20(15-8-3-5-10-17(15)24)19-21(26)16-9-4-6-11-18(16)29-22(19)23(25)27/h3-6,8-11,14,20H,7,12-13H2,1-2H3/t20-/m1/s1. The lowest BCUT2D eigenvalue weighted by molar-refractivity contribution is 0.0592. The smallest absolute Gasteiger partial charge is 0.290 e. The van der Waals surface area contributed by atoms with Crippen LogP contribution in [0.3, 0.4) is 0 Å². The maximum absolute atomic E-state index is 14.7. The van der Waals surface area contributed by atoms with Crippen LogP contribution in [-0.4, -0.2) is 30.1 Å². The number of carbonyl (C=O) groups is 1. The van der Waals surface area contributed by atoms with Crippen molar-refractivity contribution >= 4 is 16.9 Å². The summed E-state index contributed by atoms with van der Waals surface area (Å²) in [5.74, 6) is -0.874. The summed E-state index contributed by atoms with van der Waals surface area (Å²) < 4.78 is 26.1. The Bertz CT molecular complexity index is 1120. The van der Waals surface area contributed by atoms with Crippen LogP contribution >= 0.6 is 0 Å². The molecule has 0 unspecified atom stereocenters. The predicted octanol–water partition coefficient (Wildman–Crippen LogP) is 4.29. The number of halogens is 1. The number of ether oxygens (including phenoxy) is 1. The van der Waals surface area contributed by atoms with E-state index >= 15 is 0 Å². The number of carbonyl (C=O) groups excluding carboxylic acids is 1. The van der Waals surface area contributed by atoms with Gasteiger partial charge in [-0.1, -0.05) is 30.3 Å². The predicted molar refractivity (Wildman–Crippen MR) is 107 cm³/mol. The van der Waals surface area contributed by atoms with Gasteiger partial charge in [0.1, 0.15) is 11.4 Å². The molecule has 1 aliphatic rings. The summed E-state index contributed by atoms with van der Waals surface area (Å²) in [6.45, 7) is 4.66. The summed E-state index contributed by atoms with van der Waals surface area (Å²) in [6, 6.07) is 12.2. The van der Waals surface area contributed by atoms with Crippen molar-refractivity contribution in [2.24, 2.45) is 0 Å². The summed E-state index contributed by atoms with van der Waals surface area (Å²) in [5.41, 5.74) is 0.529. The Labute approximate surface area is 167 Å². The summed E-state index contributed by atoms with van der Waals surface area (Å²) in [7, 11) is 0. The number of hydrogen-bond donors (Lipinski definition) is 0. The second kappa shape index (κ2) is 7.79. The first-order valence-corrected chi connectivity index (χ1v) is 9.71. The molecule has 0 spiro atoms. The lowest BCUT2D eigenvalue weighted by Gasteiger charge is -2.25. The van der Waals surface area contributed by atoms with Crippen LogP contribution in [0.4, 0.5) is 4.39 Å². The molecule has 0 saturated carbocycles. The van der Waals surface area contributed by atoms with Gasteiger partial charge in [0.25, 0.3) is 5.91 Å². The first-order chi connectivity index (χ1) is 14.0. The van der Waals surface area contributed by atoms with E-state index < -0.39 is 17.8 Å². The van der Waals surface area contributed by atoms with Gasteiger partial charge in [-0.3, -0.25) is 9.59 Å². The maximum atomic E-state index is 14.7. The Morgan fingerprint density at radius 1 is 1.10 bits per heavy atom. The average Bonchev–Trinajstić information content (AvgIpc) is 2.98. The third kappa shape index (κ3) is 3.44. The van der Waals surface area contributed by atoms with Gasteiger partial charge in [-0.05, 0) is 38.5 Å². The van der Waals surface area contributed by atoms with Crippen LogP contribution in [0.15, 0.2) is 57.7 Å². The Hall–Kier alpha value is -2.99. The number of rotatable bonds is 6. The minimum absolute atomic E-state index is 0.00766. The average molecular weight is 395 g/mol. The molecule has 5 nitrogen and oxygen atoms in total. The number of nitrogens with zero attached hydrogens (tertiary/aromatic N) is 1. The fraction of sp³-hybridized carbons (Fsp3) is 0.304. The highest BCUT2D eigenvalue weighted by Gasteiger charge is 2.43. The van der Waals surface area contributed by atoms with Crippen LogP contribution in [0.25, 0.3) is 11.0 Å². The molecule has 4 rings (SSSR count). The lowest BCUT2D eigenvalue weighted by atomic mass is 9.98. The Kier molecular flexibility index (Phi) is 5.20. The summed E-state index contributed by atoms with van der Waals surface area (Å²) in [5, 5.41) is 0.380. The van der Waals surface area contributed by atoms with Gasteiger partial charge in [-0.25, -0.2) is 4.39 Å². The highest BCUT2D eigenvalue weighted by molar-refractivity contribution is 5.99. The molecular formula is C23H22FNO4. The van der Waals surface area contributed by atoms with Crippen LogP contribution in [-0.2, 0) is 4.74 Å². The second-order valence-corrected chi connectivity index (χ2v) is 7.37. The largest absolute Gasteiger partial charge is 0.450 e. The summed E-state index contributed by atoms with van der Waals surface area (Å²) >= 11 is 0. The first kappa shape index (κ1) is 19.3. The molecule has 3 aromatic rings.